The highest BCUT2D eigenvalue weighted by Gasteiger charge is 2.15. The predicted molar refractivity (Wildman–Crippen MR) is 92.6 cm³/mol. The molecule has 0 saturated heterocycles. The Kier molecular flexibility index (Phi) is 5.04. The van der Waals surface area contributed by atoms with E-state index in [0.29, 0.717) is 36.0 Å². The molecule has 0 aromatic heterocycles. The highest BCUT2D eigenvalue weighted by molar-refractivity contribution is 6.09. The van der Waals surface area contributed by atoms with Crippen LogP contribution in [0.15, 0.2) is 42.0 Å². The number of rotatable bonds is 4. The standard InChI is InChI=1S/C19H15FN2O4/c1-24-16-4-2-12(9-15(16)20)8-13(11-21)19(23)22-14-3-5-17-18(10-14)26-7-6-25-17/h2-5,8-10H,6-7H2,1H3,(H,22,23)/b13-8+. The molecule has 7 heteroatoms. The molecular weight excluding hydrogens is 339 g/mol. The average molecular weight is 354 g/mol. The van der Waals surface area contributed by atoms with Crippen LogP contribution >= 0.6 is 0 Å². The van der Waals surface area contributed by atoms with Crippen molar-refractivity contribution in [3.05, 3.63) is 53.4 Å². The Hall–Kier alpha value is -3.53. The molecule has 1 heterocycles. The summed E-state index contributed by atoms with van der Waals surface area (Å²) >= 11 is 0. The monoisotopic (exact) mass is 354 g/mol. The number of benzene rings is 2. The third-order valence-corrected chi connectivity index (χ3v) is 3.65. The van der Waals surface area contributed by atoms with Crippen LogP contribution in [0.1, 0.15) is 5.56 Å². The van der Waals surface area contributed by atoms with Crippen molar-refractivity contribution in [3.8, 4) is 23.3 Å². The zero-order valence-electron chi connectivity index (χ0n) is 13.9. The number of hydrogen-bond acceptors (Lipinski definition) is 5. The smallest absolute Gasteiger partial charge is 0.266 e. The van der Waals surface area contributed by atoms with Gasteiger partial charge in [0.2, 0.25) is 0 Å². The van der Waals surface area contributed by atoms with Crippen LogP contribution in [0, 0.1) is 17.1 Å². The fourth-order valence-corrected chi connectivity index (χ4v) is 2.41. The minimum absolute atomic E-state index is 0.0846. The summed E-state index contributed by atoms with van der Waals surface area (Å²) < 4.78 is 29.5. The van der Waals surface area contributed by atoms with Crippen molar-refractivity contribution >= 4 is 17.7 Å². The molecule has 0 unspecified atom stereocenters. The van der Waals surface area contributed by atoms with E-state index in [1.165, 1.54) is 25.3 Å². The van der Waals surface area contributed by atoms with Gasteiger partial charge in [-0.1, -0.05) is 6.07 Å². The zero-order valence-corrected chi connectivity index (χ0v) is 13.9. The molecule has 26 heavy (non-hydrogen) atoms. The minimum Gasteiger partial charge on any atom is -0.494 e. The second kappa shape index (κ2) is 7.57. The molecule has 0 bridgehead atoms. The number of anilines is 1. The highest BCUT2D eigenvalue weighted by atomic mass is 19.1. The number of fused-ring (bicyclic) bond motifs is 1. The highest BCUT2D eigenvalue weighted by Crippen LogP contribution is 2.32. The Bertz CT molecular complexity index is 918. The SMILES string of the molecule is COc1ccc(/C=C(\C#N)C(=O)Nc2ccc3c(c2)OCCO3)cc1F. The van der Waals surface area contributed by atoms with E-state index < -0.39 is 11.7 Å². The summed E-state index contributed by atoms with van der Waals surface area (Å²) in [5, 5.41) is 11.9. The van der Waals surface area contributed by atoms with Crippen molar-refractivity contribution in [2.75, 3.05) is 25.6 Å². The van der Waals surface area contributed by atoms with E-state index >= 15 is 0 Å². The molecule has 1 amide bonds. The predicted octanol–water partition coefficient (Wildman–Crippen LogP) is 3.15. The molecule has 6 nitrogen and oxygen atoms in total. The molecular formula is C19H15FN2O4. The van der Waals surface area contributed by atoms with Gasteiger partial charge in [-0.3, -0.25) is 4.79 Å². The second-order valence-corrected chi connectivity index (χ2v) is 5.38. The third-order valence-electron chi connectivity index (χ3n) is 3.65. The van der Waals surface area contributed by atoms with Gasteiger partial charge in [0.15, 0.2) is 23.1 Å². The van der Waals surface area contributed by atoms with E-state index in [-0.39, 0.29) is 11.3 Å². The lowest BCUT2D eigenvalue weighted by atomic mass is 10.1. The fourth-order valence-electron chi connectivity index (χ4n) is 2.41. The Balaban J connectivity index is 1.79. The van der Waals surface area contributed by atoms with Gasteiger partial charge in [-0.25, -0.2) is 4.39 Å². The zero-order chi connectivity index (χ0) is 18.5. The number of nitrogens with one attached hydrogen (secondary N) is 1. The van der Waals surface area contributed by atoms with Crippen LogP contribution in [-0.2, 0) is 4.79 Å². The third kappa shape index (κ3) is 3.75. The fraction of sp³-hybridized carbons (Fsp3) is 0.158. The number of halogens is 1. The molecule has 1 aliphatic rings. The van der Waals surface area contributed by atoms with Gasteiger partial charge in [-0.05, 0) is 35.9 Å². The van der Waals surface area contributed by atoms with E-state index in [2.05, 4.69) is 5.32 Å². The summed E-state index contributed by atoms with van der Waals surface area (Å²) in [7, 11) is 1.36. The first kappa shape index (κ1) is 17.3. The van der Waals surface area contributed by atoms with Crippen LogP contribution in [0.4, 0.5) is 10.1 Å². The summed E-state index contributed by atoms with van der Waals surface area (Å²) in [6.07, 6.45) is 1.30. The number of amides is 1. The first-order valence-electron chi connectivity index (χ1n) is 7.77. The Morgan fingerprint density at radius 1 is 1.23 bits per heavy atom. The molecule has 0 atom stereocenters. The summed E-state index contributed by atoms with van der Waals surface area (Å²) in [5.74, 6) is 0.0142. The van der Waals surface area contributed by atoms with Gasteiger partial charge in [0.25, 0.3) is 5.91 Å². The van der Waals surface area contributed by atoms with Crippen LogP contribution < -0.4 is 19.5 Å². The molecule has 0 spiro atoms. The molecule has 0 fully saturated rings. The number of ether oxygens (including phenoxy) is 3. The normalized spacial score (nSPS) is 12.9. The van der Waals surface area contributed by atoms with Crippen molar-refractivity contribution in [2.45, 2.75) is 0 Å². The van der Waals surface area contributed by atoms with Gasteiger partial charge >= 0.3 is 0 Å². The largest absolute Gasteiger partial charge is 0.494 e. The molecule has 2 aromatic carbocycles. The number of hydrogen-bond donors (Lipinski definition) is 1. The number of methoxy groups -OCH3 is 1. The Morgan fingerprint density at radius 3 is 2.69 bits per heavy atom. The summed E-state index contributed by atoms with van der Waals surface area (Å²) in [6.45, 7) is 0.898. The van der Waals surface area contributed by atoms with E-state index in [0.717, 1.165) is 0 Å². The van der Waals surface area contributed by atoms with Crippen LogP contribution in [0.5, 0.6) is 17.2 Å². The maximum absolute atomic E-state index is 13.7. The van der Waals surface area contributed by atoms with Gasteiger partial charge in [-0.15, -0.1) is 0 Å². The molecule has 0 aliphatic carbocycles. The van der Waals surface area contributed by atoms with Gasteiger partial charge in [0.1, 0.15) is 24.9 Å². The lowest BCUT2D eigenvalue weighted by molar-refractivity contribution is -0.112. The number of carbonyl (C=O) groups is 1. The molecule has 1 N–H and O–H groups in total. The van der Waals surface area contributed by atoms with Crippen LogP contribution in [-0.4, -0.2) is 26.2 Å². The van der Waals surface area contributed by atoms with Crippen LogP contribution in [0.25, 0.3) is 6.08 Å². The van der Waals surface area contributed by atoms with E-state index in [1.807, 2.05) is 6.07 Å². The molecule has 0 radical (unpaired) electrons. The van der Waals surface area contributed by atoms with Crippen molar-refractivity contribution in [2.24, 2.45) is 0 Å². The minimum atomic E-state index is -0.611. The molecule has 3 rings (SSSR count). The van der Waals surface area contributed by atoms with E-state index in [1.54, 1.807) is 24.3 Å². The van der Waals surface area contributed by atoms with E-state index in [9.17, 15) is 14.4 Å². The lowest BCUT2D eigenvalue weighted by Crippen LogP contribution is -2.17. The summed E-state index contributed by atoms with van der Waals surface area (Å²) in [5.41, 5.74) is 0.669. The lowest BCUT2D eigenvalue weighted by Gasteiger charge is -2.18. The topological polar surface area (TPSA) is 80.6 Å². The van der Waals surface area contributed by atoms with Crippen molar-refractivity contribution in [3.63, 3.8) is 0 Å². The van der Waals surface area contributed by atoms with Crippen molar-refractivity contribution < 1.29 is 23.4 Å². The number of nitrogens with zero attached hydrogens (tertiary/aromatic N) is 1. The van der Waals surface area contributed by atoms with Gasteiger partial charge < -0.3 is 19.5 Å². The molecule has 2 aromatic rings. The average Bonchev–Trinajstić information content (AvgIpc) is 2.66. The summed E-state index contributed by atoms with van der Waals surface area (Å²) in [4.78, 5) is 12.3. The Labute approximate surface area is 149 Å². The van der Waals surface area contributed by atoms with Crippen LogP contribution in [0.2, 0.25) is 0 Å². The molecule has 1 aliphatic heterocycles. The molecule has 0 saturated carbocycles. The first-order chi connectivity index (χ1) is 12.6. The second-order valence-electron chi connectivity index (χ2n) is 5.38. The van der Waals surface area contributed by atoms with E-state index in [4.69, 9.17) is 14.2 Å². The van der Waals surface area contributed by atoms with Gasteiger partial charge in [-0.2, -0.15) is 5.26 Å². The Morgan fingerprint density at radius 2 is 2.00 bits per heavy atom. The quantitative estimate of drug-likeness (QED) is 0.674. The molecule has 132 valence electrons. The van der Waals surface area contributed by atoms with Crippen LogP contribution in [0.3, 0.4) is 0 Å². The van der Waals surface area contributed by atoms with Gasteiger partial charge in [0.05, 0.1) is 7.11 Å². The maximum atomic E-state index is 13.7. The number of carbonyl (C=O) groups excluding carboxylic acids is 1. The summed E-state index contributed by atoms with van der Waals surface area (Å²) in [6, 6.07) is 10.9. The van der Waals surface area contributed by atoms with Crippen molar-refractivity contribution in [1.29, 1.82) is 5.26 Å². The van der Waals surface area contributed by atoms with Gasteiger partial charge in [0, 0.05) is 11.8 Å². The van der Waals surface area contributed by atoms with Crippen molar-refractivity contribution in [1.82, 2.24) is 0 Å². The maximum Gasteiger partial charge on any atom is 0.266 e. The number of nitriles is 1. The first-order valence-corrected chi connectivity index (χ1v) is 7.77.